The summed E-state index contributed by atoms with van der Waals surface area (Å²) in [4.78, 5) is 0. The fraction of sp³-hybridized carbons (Fsp3) is 0. The first-order valence-electron chi connectivity index (χ1n) is 4.65. The summed E-state index contributed by atoms with van der Waals surface area (Å²) in [6.45, 7) is 0. The number of benzene rings is 3. The highest BCUT2D eigenvalue weighted by Crippen LogP contribution is 2.23. The first-order valence-corrected chi connectivity index (χ1v) is 4.65. The summed E-state index contributed by atoms with van der Waals surface area (Å²) in [6, 6.07) is 22.9. The molecule has 0 atom stereocenters. The van der Waals surface area contributed by atoms with Crippen LogP contribution in [0.15, 0.2) is 48.5 Å². The Morgan fingerprint density at radius 3 is 2.79 bits per heavy atom. The highest BCUT2D eigenvalue weighted by atomic mass is 14.0. The Balaban J connectivity index is 2.61. The number of fused-ring (bicyclic) bond motifs is 3. The Morgan fingerprint density at radius 1 is 0.857 bits per heavy atom. The third kappa shape index (κ3) is 1.01. The maximum absolute atomic E-state index is 3.26. The van der Waals surface area contributed by atoms with Crippen LogP contribution >= 0.6 is 0 Å². The van der Waals surface area contributed by atoms with E-state index in [2.05, 4.69) is 36.4 Å². The lowest BCUT2D eigenvalue weighted by Gasteiger charge is -2.01. The summed E-state index contributed by atoms with van der Waals surface area (Å²) in [5.41, 5.74) is 0. The monoisotopic (exact) mass is 176 g/mol. The topological polar surface area (TPSA) is 0 Å². The van der Waals surface area contributed by atoms with Crippen LogP contribution < -0.4 is 0 Å². The van der Waals surface area contributed by atoms with Crippen molar-refractivity contribution in [2.24, 2.45) is 0 Å². The van der Waals surface area contributed by atoms with Gasteiger partial charge in [-0.25, -0.2) is 0 Å². The maximum atomic E-state index is 3.26. The highest BCUT2D eigenvalue weighted by Gasteiger charge is 1.97. The molecular weight excluding hydrogens is 168 g/mol. The van der Waals surface area contributed by atoms with Crippen LogP contribution in [-0.2, 0) is 0 Å². The fourth-order valence-corrected chi connectivity index (χ4v) is 1.79. The van der Waals surface area contributed by atoms with E-state index in [9.17, 15) is 0 Å². The van der Waals surface area contributed by atoms with Crippen molar-refractivity contribution in [1.82, 2.24) is 0 Å². The van der Waals surface area contributed by atoms with Gasteiger partial charge in [0.2, 0.25) is 0 Å². The molecule has 0 fully saturated rings. The lowest BCUT2D eigenvalue weighted by molar-refractivity contribution is 1.75. The van der Waals surface area contributed by atoms with Crippen molar-refractivity contribution >= 4 is 21.5 Å². The standard InChI is InChI=1S/C14H8/c1-3-7-13-11(5-1)9-10-12-6-2-4-8-14(12)13/h1-7,9H. The Kier molecular flexibility index (Phi) is 1.54. The predicted octanol–water partition coefficient (Wildman–Crippen LogP) is 3.59. The molecule has 3 aromatic carbocycles. The van der Waals surface area contributed by atoms with Gasteiger partial charge in [-0.15, -0.1) is 0 Å². The molecule has 64 valence electrons. The van der Waals surface area contributed by atoms with Crippen molar-refractivity contribution in [1.29, 1.82) is 0 Å². The molecule has 0 amide bonds. The molecule has 0 N–H and O–H groups in total. The molecule has 0 saturated heterocycles. The van der Waals surface area contributed by atoms with Gasteiger partial charge in [-0.1, -0.05) is 42.5 Å². The average molecular weight is 176 g/mol. The molecule has 0 unspecified atom stereocenters. The molecule has 0 saturated carbocycles. The third-order valence-corrected chi connectivity index (χ3v) is 2.47. The minimum Gasteiger partial charge on any atom is -0.0616 e. The summed E-state index contributed by atoms with van der Waals surface area (Å²) in [7, 11) is 0. The van der Waals surface area contributed by atoms with Crippen molar-refractivity contribution in [2.45, 2.75) is 0 Å². The van der Waals surface area contributed by atoms with E-state index in [0.29, 0.717) is 0 Å². The van der Waals surface area contributed by atoms with Gasteiger partial charge in [-0.2, -0.15) is 0 Å². The minimum absolute atomic E-state index is 1.13. The molecule has 0 aliphatic heterocycles. The summed E-state index contributed by atoms with van der Waals surface area (Å²) in [5.74, 6) is 0. The first-order chi connectivity index (χ1) is 6.95. The molecule has 0 aliphatic rings. The zero-order valence-electron chi connectivity index (χ0n) is 7.62. The molecule has 2 radical (unpaired) electrons. The molecule has 3 aromatic rings. The quantitative estimate of drug-likeness (QED) is 0.459. The van der Waals surface area contributed by atoms with Crippen molar-refractivity contribution in [2.75, 3.05) is 0 Å². The average Bonchev–Trinajstić information content (AvgIpc) is 2.29. The third-order valence-electron chi connectivity index (χ3n) is 2.47. The predicted molar refractivity (Wildman–Crippen MR) is 59.1 cm³/mol. The molecule has 0 nitrogen and oxygen atoms in total. The van der Waals surface area contributed by atoms with Gasteiger partial charge in [0, 0.05) is 0 Å². The normalized spacial score (nSPS) is 10.9. The largest absolute Gasteiger partial charge is 0.0616 e. The van der Waals surface area contributed by atoms with Crippen LogP contribution in [0.2, 0.25) is 0 Å². The van der Waals surface area contributed by atoms with Crippen molar-refractivity contribution in [3.8, 4) is 0 Å². The van der Waals surface area contributed by atoms with Crippen molar-refractivity contribution in [3.05, 3.63) is 60.7 Å². The molecular formula is C14H8. The van der Waals surface area contributed by atoms with Crippen LogP contribution in [0.4, 0.5) is 0 Å². The van der Waals surface area contributed by atoms with E-state index in [1.54, 1.807) is 0 Å². The Hall–Kier alpha value is -1.82. The molecule has 0 bridgehead atoms. The summed E-state index contributed by atoms with van der Waals surface area (Å²) < 4.78 is 0. The summed E-state index contributed by atoms with van der Waals surface area (Å²) in [6.07, 6.45) is 0. The van der Waals surface area contributed by atoms with E-state index in [4.69, 9.17) is 0 Å². The zero-order valence-corrected chi connectivity index (χ0v) is 7.62. The minimum atomic E-state index is 1.13. The van der Waals surface area contributed by atoms with E-state index < -0.39 is 0 Å². The van der Waals surface area contributed by atoms with E-state index in [1.807, 2.05) is 24.3 Å². The number of rotatable bonds is 0. The molecule has 0 heteroatoms. The Morgan fingerprint density at radius 2 is 1.79 bits per heavy atom. The van der Waals surface area contributed by atoms with Crippen LogP contribution in [0.25, 0.3) is 21.5 Å². The van der Waals surface area contributed by atoms with Gasteiger partial charge in [0.1, 0.15) is 0 Å². The van der Waals surface area contributed by atoms with E-state index >= 15 is 0 Å². The lowest BCUT2D eigenvalue weighted by atomic mass is 10.0. The maximum Gasteiger partial charge on any atom is -0.00204 e. The molecule has 0 aromatic heterocycles. The van der Waals surface area contributed by atoms with Gasteiger partial charge in [0.15, 0.2) is 0 Å². The van der Waals surface area contributed by atoms with Crippen LogP contribution in [-0.4, -0.2) is 0 Å². The second kappa shape index (κ2) is 2.85. The fourth-order valence-electron chi connectivity index (χ4n) is 1.79. The van der Waals surface area contributed by atoms with Gasteiger partial charge < -0.3 is 0 Å². The molecule has 0 spiro atoms. The lowest BCUT2D eigenvalue weighted by Crippen LogP contribution is -1.76. The zero-order chi connectivity index (χ0) is 9.38. The first kappa shape index (κ1) is 7.57. The Labute approximate surface area is 82.8 Å². The van der Waals surface area contributed by atoms with Gasteiger partial charge in [-0.3, -0.25) is 0 Å². The van der Waals surface area contributed by atoms with Crippen molar-refractivity contribution in [3.63, 3.8) is 0 Å². The van der Waals surface area contributed by atoms with E-state index in [1.165, 1.54) is 10.8 Å². The van der Waals surface area contributed by atoms with Crippen LogP contribution in [0.5, 0.6) is 0 Å². The summed E-state index contributed by atoms with van der Waals surface area (Å²) in [5, 5.41) is 4.76. The van der Waals surface area contributed by atoms with Crippen molar-refractivity contribution < 1.29 is 0 Å². The smallest absolute Gasteiger partial charge is 0.00204 e. The van der Waals surface area contributed by atoms with Gasteiger partial charge >= 0.3 is 0 Å². The SMILES string of the molecule is [c]1cc2ccccc2c2[c]cccc12. The number of hydrogen-bond donors (Lipinski definition) is 0. The van der Waals surface area contributed by atoms with Crippen LogP contribution in [0.1, 0.15) is 0 Å². The van der Waals surface area contributed by atoms with Gasteiger partial charge in [0.05, 0.1) is 0 Å². The van der Waals surface area contributed by atoms with Crippen LogP contribution in [0.3, 0.4) is 0 Å². The summed E-state index contributed by atoms with van der Waals surface area (Å²) >= 11 is 0. The highest BCUT2D eigenvalue weighted by molar-refractivity contribution is 6.06. The Bertz CT molecular complexity index is 539. The van der Waals surface area contributed by atoms with Crippen LogP contribution in [0, 0.1) is 12.1 Å². The van der Waals surface area contributed by atoms with Gasteiger partial charge in [-0.05, 0) is 39.7 Å². The molecule has 0 heterocycles. The number of hydrogen-bond acceptors (Lipinski definition) is 0. The molecule has 14 heavy (non-hydrogen) atoms. The molecule has 3 rings (SSSR count). The second-order valence-corrected chi connectivity index (χ2v) is 3.33. The van der Waals surface area contributed by atoms with E-state index in [0.717, 1.165) is 10.8 Å². The second-order valence-electron chi connectivity index (χ2n) is 3.33. The van der Waals surface area contributed by atoms with E-state index in [-0.39, 0.29) is 0 Å². The molecule has 0 aliphatic carbocycles. The van der Waals surface area contributed by atoms with Gasteiger partial charge in [0.25, 0.3) is 0 Å².